The summed E-state index contributed by atoms with van der Waals surface area (Å²) in [4.78, 5) is 10.5. The minimum absolute atomic E-state index is 0.284. The summed E-state index contributed by atoms with van der Waals surface area (Å²) < 4.78 is 0. The van der Waals surface area contributed by atoms with Crippen molar-refractivity contribution in [3.63, 3.8) is 0 Å². The van der Waals surface area contributed by atoms with E-state index in [0.29, 0.717) is 0 Å². The van der Waals surface area contributed by atoms with E-state index in [0.717, 1.165) is 38.0 Å². The molecule has 2 N–H and O–H groups in total. The molecule has 4 aliphatic heterocycles. The van der Waals surface area contributed by atoms with Crippen molar-refractivity contribution in [3.8, 4) is 0 Å². The molecule has 3 saturated heterocycles. The number of likely N-dealkylation sites (tertiary alicyclic amines) is 1. The standard InChI is InChI=1S/C25H33N5S/c1-17-11-23-25(31-17)24(30-15-19-13-27-14-20(19)16-30)12-22(28(23)2)18-3-5-21(6-4-18)29-9-7-26-8-10-29/h3-6,11-12,19-20,22,26-27H,7-10,13-16H2,1-2H3. The van der Waals surface area contributed by atoms with Gasteiger partial charge < -0.3 is 25.3 Å². The average Bonchev–Trinajstić information content (AvgIpc) is 3.50. The number of rotatable bonds is 3. The molecule has 0 radical (unpaired) electrons. The molecule has 6 rings (SSSR count). The molecular weight excluding hydrogens is 402 g/mol. The largest absolute Gasteiger partial charge is 0.370 e. The lowest BCUT2D eigenvalue weighted by Crippen LogP contribution is -2.43. The van der Waals surface area contributed by atoms with Crippen LogP contribution in [-0.4, -0.2) is 64.3 Å². The normalized spacial score (nSPS) is 28.0. The van der Waals surface area contributed by atoms with Crippen LogP contribution in [0.25, 0.3) is 5.70 Å². The van der Waals surface area contributed by atoms with Crippen LogP contribution in [0, 0.1) is 18.8 Å². The molecule has 5 nitrogen and oxygen atoms in total. The highest BCUT2D eigenvalue weighted by atomic mass is 32.1. The summed E-state index contributed by atoms with van der Waals surface area (Å²) in [5, 5.41) is 7.03. The number of thiophene rings is 1. The number of piperazine rings is 1. The summed E-state index contributed by atoms with van der Waals surface area (Å²) in [6.45, 7) is 11.3. The zero-order valence-corrected chi connectivity index (χ0v) is 19.4. The average molecular weight is 436 g/mol. The Labute approximate surface area is 189 Å². The number of likely N-dealkylation sites (N-methyl/N-ethyl adjacent to an activating group) is 1. The summed E-state index contributed by atoms with van der Waals surface area (Å²) in [7, 11) is 2.26. The van der Waals surface area contributed by atoms with Crippen LogP contribution in [0.1, 0.15) is 21.4 Å². The maximum absolute atomic E-state index is 3.59. The summed E-state index contributed by atoms with van der Waals surface area (Å²) in [5.74, 6) is 1.61. The lowest BCUT2D eigenvalue weighted by atomic mass is 9.98. The zero-order chi connectivity index (χ0) is 20.9. The molecule has 4 aliphatic rings. The van der Waals surface area contributed by atoms with E-state index in [2.05, 4.69) is 75.7 Å². The third-order valence-corrected chi connectivity index (χ3v) is 8.69. The predicted octanol–water partition coefficient (Wildman–Crippen LogP) is 3.15. The van der Waals surface area contributed by atoms with Gasteiger partial charge in [-0.2, -0.15) is 0 Å². The molecule has 3 unspecified atom stereocenters. The van der Waals surface area contributed by atoms with Crippen molar-refractivity contribution >= 4 is 28.4 Å². The van der Waals surface area contributed by atoms with Gasteiger partial charge in [0.25, 0.3) is 0 Å². The Balaban J connectivity index is 1.32. The van der Waals surface area contributed by atoms with Crippen LogP contribution in [0.2, 0.25) is 0 Å². The lowest BCUT2D eigenvalue weighted by Gasteiger charge is -2.36. The first-order valence-corrected chi connectivity index (χ1v) is 12.6. The van der Waals surface area contributed by atoms with E-state index in [-0.39, 0.29) is 6.04 Å². The Hall–Kier alpha value is -2.02. The van der Waals surface area contributed by atoms with Crippen molar-refractivity contribution < 1.29 is 0 Å². The zero-order valence-electron chi connectivity index (χ0n) is 18.6. The third kappa shape index (κ3) is 3.45. The number of anilines is 2. The van der Waals surface area contributed by atoms with E-state index in [1.807, 2.05) is 11.3 Å². The van der Waals surface area contributed by atoms with Crippen LogP contribution in [0.15, 0.2) is 36.4 Å². The van der Waals surface area contributed by atoms with Crippen molar-refractivity contribution in [2.75, 3.05) is 69.2 Å². The molecule has 0 spiro atoms. The number of benzene rings is 1. The molecule has 0 bridgehead atoms. The van der Waals surface area contributed by atoms with E-state index >= 15 is 0 Å². The van der Waals surface area contributed by atoms with Crippen LogP contribution in [0.4, 0.5) is 11.4 Å². The van der Waals surface area contributed by atoms with Gasteiger partial charge in [0.15, 0.2) is 0 Å². The maximum Gasteiger partial charge on any atom is 0.0747 e. The molecule has 5 heterocycles. The van der Waals surface area contributed by atoms with Gasteiger partial charge in [-0.25, -0.2) is 0 Å². The Morgan fingerprint density at radius 1 is 0.935 bits per heavy atom. The topological polar surface area (TPSA) is 33.8 Å². The second kappa shape index (κ2) is 7.84. The summed E-state index contributed by atoms with van der Waals surface area (Å²) in [6, 6.07) is 12.0. The second-order valence-corrected chi connectivity index (χ2v) is 10.8. The van der Waals surface area contributed by atoms with Gasteiger partial charge >= 0.3 is 0 Å². The highest BCUT2D eigenvalue weighted by molar-refractivity contribution is 7.13. The smallest absolute Gasteiger partial charge is 0.0747 e. The highest BCUT2D eigenvalue weighted by Crippen LogP contribution is 2.47. The number of nitrogens with zero attached hydrogens (tertiary/aromatic N) is 3. The monoisotopic (exact) mass is 435 g/mol. The number of fused-ring (bicyclic) bond motifs is 2. The number of hydrogen-bond donors (Lipinski definition) is 2. The van der Waals surface area contributed by atoms with Crippen molar-refractivity contribution in [2.45, 2.75) is 13.0 Å². The maximum atomic E-state index is 3.59. The van der Waals surface area contributed by atoms with Gasteiger partial charge in [0.2, 0.25) is 0 Å². The summed E-state index contributed by atoms with van der Waals surface area (Å²) in [5.41, 5.74) is 5.59. The molecule has 3 fully saturated rings. The molecule has 1 aromatic heterocycles. The van der Waals surface area contributed by atoms with Crippen LogP contribution in [0.5, 0.6) is 0 Å². The fraction of sp³-hybridized carbons (Fsp3) is 0.520. The van der Waals surface area contributed by atoms with Gasteiger partial charge in [-0.15, -0.1) is 11.3 Å². The van der Waals surface area contributed by atoms with E-state index in [1.165, 1.54) is 58.6 Å². The van der Waals surface area contributed by atoms with E-state index in [9.17, 15) is 0 Å². The van der Waals surface area contributed by atoms with Gasteiger partial charge in [0.05, 0.1) is 22.3 Å². The van der Waals surface area contributed by atoms with E-state index in [4.69, 9.17) is 0 Å². The minimum Gasteiger partial charge on any atom is -0.370 e. The fourth-order valence-corrected chi connectivity index (χ4v) is 6.96. The molecule has 2 aromatic rings. The number of aryl methyl sites for hydroxylation is 1. The second-order valence-electron chi connectivity index (χ2n) is 9.59. The Kier molecular flexibility index (Phi) is 4.97. The minimum atomic E-state index is 0.284. The number of hydrogen-bond acceptors (Lipinski definition) is 6. The van der Waals surface area contributed by atoms with Gasteiger partial charge in [0.1, 0.15) is 0 Å². The molecule has 3 atom stereocenters. The first kappa shape index (κ1) is 19.6. The Morgan fingerprint density at radius 2 is 1.65 bits per heavy atom. The molecule has 0 saturated carbocycles. The first-order valence-electron chi connectivity index (χ1n) is 11.7. The van der Waals surface area contributed by atoms with Crippen molar-refractivity contribution in [1.82, 2.24) is 15.5 Å². The first-order chi connectivity index (χ1) is 15.2. The quantitative estimate of drug-likeness (QED) is 0.774. The molecule has 164 valence electrons. The van der Waals surface area contributed by atoms with Gasteiger partial charge in [-0.1, -0.05) is 12.1 Å². The Bertz CT molecular complexity index is 962. The summed E-state index contributed by atoms with van der Waals surface area (Å²) >= 11 is 1.96. The highest BCUT2D eigenvalue weighted by Gasteiger charge is 2.39. The molecule has 0 aliphatic carbocycles. The van der Waals surface area contributed by atoms with Crippen LogP contribution < -0.4 is 20.4 Å². The molecule has 31 heavy (non-hydrogen) atoms. The van der Waals surface area contributed by atoms with E-state index < -0.39 is 0 Å². The molecule has 6 heteroatoms. The lowest BCUT2D eigenvalue weighted by molar-refractivity contribution is 0.444. The molecule has 1 aromatic carbocycles. The van der Waals surface area contributed by atoms with Gasteiger partial charge in [0, 0.05) is 70.0 Å². The number of nitrogens with one attached hydrogen (secondary N) is 2. The SMILES string of the molecule is Cc1cc2c(s1)C(N1CC3CNCC3C1)=CC(c1ccc(N3CCNCC3)cc1)N2C. The van der Waals surface area contributed by atoms with Crippen LogP contribution in [-0.2, 0) is 0 Å². The van der Waals surface area contributed by atoms with E-state index in [1.54, 1.807) is 0 Å². The van der Waals surface area contributed by atoms with Gasteiger partial charge in [-0.3, -0.25) is 0 Å². The predicted molar refractivity (Wildman–Crippen MR) is 131 cm³/mol. The van der Waals surface area contributed by atoms with Crippen LogP contribution >= 0.6 is 11.3 Å². The van der Waals surface area contributed by atoms with Crippen molar-refractivity contribution in [1.29, 1.82) is 0 Å². The van der Waals surface area contributed by atoms with Gasteiger partial charge in [-0.05, 0) is 48.6 Å². The third-order valence-electron chi connectivity index (χ3n) is 7.63. The Morgan fingerprint density at radius 3 is 2.35 bits per heavy atom. The van der Waals surface area contributed by atoms with Crippen molar-refractivity contribution in [3.05, 3.63) is 51.7 Å². The molecule has 0 amide bonds. The van der Waals surface area contributed by atoms with Crippen molar-refractivity contribution in [2.24, 2.45) is 11.8 Å². The summed E-state index contributed by atoms with van der Waals surface area (Å²) in [6.07, 6.45) is 2.53. The van der Waals surface area contributed by atoms with Crippen LogP contribution in [0.3, 0.4) is 0 Å². The fourth-order valence-electron chi connectivity index (χ4n) is 5.86. The molecular formula is C25H33N5S.